The SMILES string of the molecule is c1ccc2c(c1)CCNC2C1CCNCC1. The fourth-order valence-electron chi connectivity index (χ4n) is 3.14. The van der Waals surface area contributed by atoms with E-state index in [1.54, 1.807) is 11.1 Å². The molecule has 0 spiro atoms. The van der Waals surface area contributed by atoms with Gasteiger partial charge in [-0.15, -0.1) is 0 Å². The molecule has 0 bridgehead atoms. The molecule has 2 aliphatic rings. The average molecular weight is 216 g/mol. The summed E-state index contributed by atoms with van der Waals surface area (Å²) >= 11 is 0. The van der Waals surface area contributed by atoms with Crippen LogP contribution in [0.2, 0.25) is 0 Å². The van der Waals surface area contributed by atoms with Crippen molar-refractivity contribution in [2.24, 2.45) is 5.92 Å². The molecule has 1 unspecified atom stereocenters. The molecular weight excluding hydrogens is 196 g/mol. The summed E-state index contributed by atoms with van der Waals surface area (Å²) in [6.07, 6.45) is 3.82. The molecule has 2 N–H and O–H groups in total. The van der Waals surface area contributed by atoms with Crippen molar-refractivity contribution in [1.82, 2.24) is 10.6 Å². The van der Waals surface area contributed by atoms with Gasteiger partial charge in [-0.2, -0.15) is 0 Å². The van der Waals surface area contributed by atoms with E-state index >= 15 is 0 Å². The van der Waals surface area contributed by atoms with E-state index < -0.39 is 0 Å². The number of rotatable bonds is 1. The van der Waals surface area contributed by atoms with Crippen LogP contribution in [0.25, 0.3) is 0 Å². The van der Waals surface area contributed by atoms with Gasteiger partial charge >= 0.3 is 0 Å². The zero-order valence-corrected chi connectivity index (χ0v) is 9.71. The first-order chi connectivity index (χ1) is 7.95. The quantitative estimate of drug-likeness (QED) is 0.749. The number of piperidine rings is 1. The lowest BCUT2D eigenvalue weighted by Crippen LogP contribution is -2.39. The molecule has 0 radical (unpaired) electrons. The maximum atomic E-state index is 3.72. The lowest BCUT2D eigenvalue weighted by molar-refractivity contribution is 0.275. The molecule has 3 rings (SSSR count). The Kier molecular flexibility index (Phi) is 2.94. The zero-order chi connectivity index (χ0) is 10.8. The van der Waals surface area contributed by atoms with Crippen molar-refractivity contribution >= 4 is 0 Å². The van der Waals surface area contributed by atoms with Gasteiger partial charge in [0, 0.05) is 6.04 Å². The molecule has 1 aromatic carbocycles. The Morgan fingerprint density at radius 2 is 1.81 bits per heavy atom. The Morgan fingerprint density at radius 1 is 1.00 bits per heavy atom. The normalized spacial score (nSPS) is 26.4. The highest BCUT2D eigenvalue weighted by Gasteiger charge is 2.28. The summed E-state index contributed by atoms with van der Waals surface area (Å²) in [5.74, 6) is 0.822. The fourth-order valence-corrected chi connectivity index (χ4v) is 3.14. The lowest BCUT2D eigenvalue weighted by Gasteiger charge is -2.35. The van der Waals surface area contributed by atoms with Gasteiger partial charge in [0.25, 0.3) is 0 Å². The van der Waals surface area contributed by atoms with Gasteiger partial charge in [0.15, 0.2) is 0 Å². The predicted octanol–water partition coefficient (Wildman–Crippen LogP) is 1.87. The van der Waals surface area contributed by atoms with Crippen LogP contribution in [0.4, 0.5) is 0 Å². The van der Waals surface area contributed by atoms with Crippen molar-refractivity contribution in [1.29, 1.82) is 0 Å². The van der Waals surface area contributed by atoms with E-state index in [2.05, 4.69) is 34.9 Å². The highest BCUT2D eigenvalue weighted by molar-refractivity contribution is 5.32. The molecule has 1 saturated heterocycles. The van der Waals surface area contributed by atoms with Crippen LogP contribution in [-0.4, -0.2) is 19.6 Å². The fraction of sp³-hybridized carbons (Fsp3) is 0.571. The van der Waals surface area contributed by atoms with Gasteiger partial charge in [-0.1, -0.05) is 24.3 Å². The smallest absolute Gasteiger partial charge is 0.0352 e. The average Bonchev–Trinajstić information content (AvgIpc) is 2.39. The van der Waals surface area contributed by atoms with Gasteiger partial charge < -0.3 is 10.6 Å². The van der Waals surface area contributed by atoms with E-state index in [1.807, 2.05) is 0 Å². The monoisotopic (exact) mass is 216 g/mol. The third-order valence-corrected chi connectivity index (χ3v) is 4.00. The largest absolute Gasteiger partial charge is 0.317 e. The first kappa shape index (κ1) is 10.3. The molecule has 1 aromatic rings. The third-order valence-electron chi connectivity index (χ3n) is 4.00. The first-order valence-electron chi connectivity index (χ1n) is 6.47. The molecule has 0 aromatic heterocycles. The summed E-state index contributed by atoms with van der Waals surface area (Å²) < 4.78 is 0. The molecule has 2 aliphatic heterocycles. The van der Waals surface area contributed by atoms with Crippen LogP contribution >= 0.6 is 0 Å². The minimum Gasteiger partial charge on any atom is -0.317 e. The van der Waals surface area contributed by atoms with Crippen LogP contribution in [-0.2, 0) is 6.42 Å². The maximum Gasteiger partial charge on any atom is 0.0352 e. The minimum atomic E-state index is 0.604. The topological polar surface area (TPSA) is 24.1 Å². The first-order valence-corrected chi connectivity index (χ1v) is 6.47. The summed E-state index contributed by atoms with van der Waals surface area (Å²) in [6.45, 7) is 3.52. The van der Waals surface area contributed by atoms with E-state index in [1.165, 1.54) is 32.4 Å². The second-order valence-electron chi connectivity index (χ2n) is 4.97. The molecule has 0 aliphatic carbocycles. The number of hydrogen-bond donors (Lipinski definition) is 2. The van der Waals surface area contributed by atoms with Crippen molar-refractivity contribution < 1.29 is 0 Å². The van der Waals surface area contributed by atoms with E-state index in [0.717, 1.165) is 12.5 Å². The standard InChI is InChI=1S/C14H20N2/c1-2-4-13-11(3-1)7-10-16-14(13)12-5-8-15-9-6-12/h1-4,12,14-16H,5-10H2. The van der Waals surface area contributed by atoms with Crippen molar-refractivity contribution in [3.05, 3.63) is 35.4 Å². The molecule has 2 heteroatoms. The third kappa shape index (κ3) is 1.87. The molecular formula is C14H20N2. The Labute approximate surface area is 97.4 Å². The minimum absolute atomic E-state index is 0.604. The Morgan fingerprint density at radius 3 is 2.69 bits per heavy atom. The van der Waals surface area contributed by atoms with Crippen LogP contribution in [0.3, 0.4) is 0 Å². The van der Waals surface area contributed by atoms with Crippen molar-refractivity contribution in [3.63, 3.8) is 0 Å². The van der Waals surface area contributed by atoms with Gasteiger partial charge in [0.2, 0.25) is 0 Å². The number of hydrogen-bond acceptors (Lipinski definition) is 2. The summed E-state index contributed by atoms with van der Waals surface area (Å²) in [5, 5.41) is 7.17. The van der Waals surface area contributed by atoms with E-state index in [-0.39, 0.29) is 0 Å². The predicted molar refractivity (Wildman–Crippen MR) is 66.5 cm³/mol. The molecule has 0 amide bonds. The van der Waals surface area contributed by atoms with E-state index in [9.17, 15) is 0 Å². The van der Waals surface area contributed by atoms with Crippen LogP contribution in [0, 0.1) is 5.92 Å². The van der Waals surface area contributed by atoms with Gasteiger partial charge in [0.1, 0.15) is 0 Å². The number of nitrogens with one attached hydrogen (secondary N) is 2. The van der Waals surface area contributed by atoms with Crippen LogP contribution < -0.4 is 10.6 Å². The maximum absolute atomic E-state index is 3.72. The van der Waals surface area contributed by atoms with E-state index in [0.29, 0.717) is 6.04 Å². The van der Waals surface area contributed by atoms with Gasteiger partial charge in [0.05, 0.1) is 0 Å². The Balaban J connectivity index is 1.86. The summed E-state index contributed by atoms with van der Waals surface area (Å²) in [5.41, 5.74) is 3.12. The van der Waals surface area contributed by atoms with Gasteiger partial charge in [-0.25, -0.2) is 0 Å². The van der Waals surface area contributed by atoms with Gasteiger partial charge in [-0.3, -0.25) is 0 Å². The van der Waals surface area contributed by atoms with Crippen LogP contribution in [0.5, 0.6) is 0 Å². The summed E-state index contributed by atoms with van der Waals surface area (Å²) in [4.78, 5) is 0. The lowest BCUT2D eigenvalue weighted by atomic mass is 9.82. The van der Waals surface area contributed by atoms with Crippen molar-refractivity contribution in [3.8, 4) is 0 Å². The highest BCUT2D eigenvalue weighted by Crippen LogP contribution is 2.33. The van der Waals surface area contributed by atoms with Gasteiger partial charge in [-0.05, 0) is 55.9 Å². The number of fused-ring (bicyclic) bond motifs is 1. The molecule has 1 atom stereocenters. The Hall–Kier alpha value is -0.860. The Bertz CT molecular complexity index is 356. The molecule has 86 valence electrons. The molecule has 1 fully saturated rings. The highest BCUT2D eigenvalue weighted by atomic mass is 14.9. The van der Waals surface area contributed by atoms with E-state index in [4.69, 9.17) is 0 Å². The van der Waals surface area contributed by atoms with Crippen molar-refractivity contribution in [2.45, 2.75) is 25.3 Å². The number of benzene rings is 1. The second-order valence-corrected chi connectivity index (χ2v) is 4.97. The van der Waals surface area contributed by atoms with Crippen molar-refractivity contribution in [2.75, 3.05) is 19.6 Å². The molecule has 0 saturated carbocycles. The van der Waals surface area contributed by atoms with Crippen LogP contribution in [0.15, 0.2) is 24.3 Å². The zero-order valence-electron chi connectivity index (χ0n) is 9.71. The molecule has 2 nitrogen and oxygen atoms in total. The second kappa shape index (κ2) is 4.56. The molecule has 2 heterocycles. The molecule has 16 heavy (non-hydrogen) atoms. The summed E-state index contributed by atoms with van der Waals surface area (Å²) in [7, 11) is 0. The summed E-state index contributed by atoms with van der Waals surface area (Å²) in [6, 6.07) is 9.56. The van der Waals surface area contributed by atoms with Crippen LogP contribution in [0.1, 0.15) is 30.0 Å².